The zero-order valence-corrected chi connectivity index (χ0v) is 18.9. The Balaban J connectivity index is 1.10. The Morgan fingerprint density at radius 1 is 1.26 bits per heavy atom. The molecule has 3 saturated carbocycles. The van der Waals surface area contributed by atoms with Gasteiger partial charge in [0.2, 0.25) is 0 Å². The lowest BCUT2D eigenvalue weighted by molar-refractivity contribution is -0.340. The van der Waals surface area contributed by atoms with Crippen LogP contribution >= 0.6 is 11.6 Å². The Labute approximate surface area is 201 Å². The van der Waals surface area contributed by atoms with Gasteiger partial charge in [0.1, 0.15) is 11.6 Å². The molecule has 188 valence electrons. The minimum absolute atomic E-state index is 0.0426. The topological polar surface area (TPSA) is 98.6 Å². The van der Waals surface area contributed by atoms with Gasteiger partial charge in [-0.3, -0.25) is 14.3 Å². The van der Waals surface area contributed by atoms with Gasteiger partial charge in [0.05, 0.1) is 22.9 Å². The van der Waals surface area contributed by atoms with E-state index in [1.165, 1.54) is 23.2 Å². The number of ether oxygens (including phenoxy) is 2. The molecule has 9 nitrogen and oxygen atoms in total. The van der Waals surface area contributed by atoms with E-state index < -0.39 is 29.7 Å². The van der Waals surface area contributed by atoms with E-state index in [1.807, 2.05) is 0 Å². The summed E-state index contributed by atoms with van der Waals surface area (Å²) in [6.45, 7) is -0.319. The number of carbonyl (C=O) groups excluding carboxylic acids is 2. The number of rotatable bonds is 7. The first kappa shape index (κ1) is 23.8. The van der Waals surface area contributed by atoms with Crippen molar-refractivity contribution in [2.75, 3.05) is 19.7 Å². The minimum atomic E-state index is -4.75. The van der Waals surface area contributed by atoms with E-state index in [1.54, 1.807) is 4.68 Å². The molecule has 1 N–H and O–H groups in total. The number of aromatic nitrogens is 3. The van der Waals surface area contributed by atoms with Crippen molar-refractivity contribution in [2.45, 2.75) is 49.2 Å². The van der Waals surface area contributed by atoms with Gasteiger partial charge in [-0.25, -0.2) is 9.07 Å². The standard InChI is InChI=1S/C21H20ClF4N5O4/c22-14-2-1-12(5-15(14)23)34-8-17(32)27-19-9-20(10-19,11-19)31-7-16(28-29-31)18(33)30-4-3-13(6-30)35-21(24,25)26/h1-2,5,7,13H,3-4,6,8-11H2,(H,27,32)/t13-,19?,20?/m0/s1. The fraction of sp³-hybridized carbons (Fsp3) is 0.524. The van der Waals surface area contributed by atoms with Gasteiger partial charge in [0.25, 0.3) is 11.8 Å². The second kappa shape index (κ2) is 8.33. The summed E-state index contributed by atoms with van der Waals surface area (Å²) in [6, 6.07) is 3.90. The Morgan fingerprint density at radius 3 is 2.69 bits per heavy atom. The first-order valence-corrected chi connectivity index (χ1v) is 11.2. The van der Waals surface area contributed by atoms with Crippen LogP contribution in [0.1, 0.15) is 36.2 Å². The van der Waals surface area contributed by atoms with Gasteiger partial charge in [0.15, 0.2) is 12.3 Å². The van der Waals surface area contributed by atoms with Crippen LogP contribution in [0, 0.1) is 5.82 Å². The van der Waals surface area contributed by atoms with Crippen molar-refractivity contribution in [3.05, 3.63) is 40.9 Å². The van der Waals surface area contributed by atoms with E-state index in [-0.39, 0.29) is 54.0 Å². The molecule has 1 aromatic carbocycles. The van der Waals surface area contributed by atoms with Crippen LogP contribution in [-0.2, 0) is 15.1 Å². The number of halogens is 5. The average Bonchev–Trinajstić information content (AvgIpc) is 3.39. The van der Waals surface area contributed by atoms with Gasteiger partial charge in [-0.15, -0.1) is 18.3 Å². The molecule has 6 rings (SSSR count). The van der Waals surface area contributed by atoms with Gasteiger partial charge in [-0.2, -0.15) is 0 Å². The third-order valence-corrected chi connectivity index (χ3v) is 6.91. The van der Waals surface area contributed by atoms with Crippen LogP contribution < -0.4 is 10.1 Å². The predicted octanol–water partition coefficient (Wildman–Crippen LogP) is 2.65. The molecule has 4 aliphatic rings. The number of nitrogens with zero attached hydrogens (tertiary/aromatic N) is 4. The molecule has 2 heterocycles. The van der Waals surface area contributed by atoms with Crippen molar-refractivity contribution >= 4 is 23.4 Å². The number of likely N-dealkylation sites (tertiary alicyclic amines) is 1. The number of nitrogens with one attached hydrogen (secondary N) is 1. The summed E-state index contributed by atoms with van der Waals surface area (Å²) < 4.78 is 61.6. The van der Waals surface area contributed by atoms with Gasteiger partial charge >= 0.3 is 6.36 Å². The van der Waals surface area contributed by atoms with Crippen LogP contribution in [0.3, 0.4) is 0 Å². The molecular formula is C21H20ClF4N5O4. The van der Waals surface area contributed by atoms with Crippen LogP contribution in [0.15, 0.2) is 24.4 Å². The Morgan fingerprint density at radius 2 is 2.00 bits per heavy atom. The molecule has 1 atom stereocenters. The van der Waals surface area contributed by atoms with Crippen LogP contribution in [0.25, 0.3) is 0 Å². The van der Waals surface area contributed by atoms with E-state index in [2.05, 4.69) is 20.4 Å². The summed E-state index contributed by atoms with van der Waals surface area (Å²) in [6.07, 6.45) is -2.51. The summed E-state index contributed by atoms with van der Waals surface area (Å²) in [5.41, 5.74) is -0.728. The van der Waals surface area contributed by atoms with Crippen LogP contribution in [0.4, 0.5) is 17.6 Å². The van der Waals surface area contributed by atoms with E-state index >= 15 is 0 Å². The number of hydrogen-bond acceptors (Lipinski definition) is 6. The maximum absolute atomic E-state index is 13.5. The molecule has 1 aliphatic heterocycles. The molecule has 0 spiro atoms. The lowest BCUT2D eigenvalue weighted by Gasteiger charge is -2.69. The first-order valence-electron chi connectivity index (χ1n) is 10.8. The molecule has 2 amide bonds. The molecular weight excluding hydrogens is 498 g/mol. The maximum Gasteiger partial charge on any atom is 0.522 e. The quantitative estimate of drug-likeness (QED) is 0.567. The van der Waals surface area contributed by atoms with Gasteiger partial charge in [0, 0.05) is 24.7 Å². The van der Waals surface area contributed by atoms with Crippen molar-refractivity contribution in [3.63, 3.8) is 0 Å². The molecule has 14 heteroatoms. The summed E-state index contributed by atoms with van der Waals surface area (Å²) in [5, 5.41) is 10.8. The van der Waals surface area contributed by atoms with Crippen molar-refractivity contribution in [2.24, 2.45) is 0 Å². The molecule has 3 aliphatic carbocycles. The van der Waals surface area contributed by atoms with Crippen LogP contribution in [0.5, 0.6) is 5.75 Å². The highest BCUT2D eigenvalue weighted by atomic mass is 35.5. The number of amides is 2. The zero-order valence-electron chi connectivity index (χ0n) is 18.1. The summed E-state index contributed by atoms with van der Waals surface area (Å²) in [5.74, 6) is -1.32. The van der Waals surface area contributed by atoms with Crippen molar-refractivity contribution in [1.82, 2.24) is 25.2 Å². The molecule has 1 saturated heterocycles. The third kappa shape index (κ3) is 4.66. The highest BCUT2D eigenvalue weighted by Gasteiger charge is 2.70. The SMILES string of the molecule is O=C(COc1ccc(Cl)c(F)c1)NC12CC(n3cc(C(=O)N4CC[C@H](OC(F)(F)F)C4)nn3)(C1)C2. The fourth-order valence-electron chi connectivity index (χ4n) is 5.11. The molecule has 35 heavy (non-hydrogen) atoms. The minimum Gasteiger partial charge on any atom is -0.484 e. The normalized spacial score (nSPS) is 27.2. The monoisotopic (exact) mass is 517 g/mol. The van der Waals surface area contributed by atoms with E-state index in [0.717, 1.165) is 6.07 Å². The fourth-order valence-corrected chi connectivity index (χ4v) is 5.23. The number of alkyl halides is 3. The van der Waals surface area contributed by atoms with Gasteiger partial charge in [-0.1, -0.05) is 16.8 Å². The van der Waals surface area contributed by atoms with E-state index in [9.17, 15) is 27.2 Å². The van der Waals surface area contributed by atoms with Crippen LogP contribution in [-0.4, -0.2) is 69.4 Å². The zero-order chi connectivity index (χ0) is 25.0. The summed E-state index contributed by atoms with van der Waals surface area (Å²) >= 11 is 5.62. The van der Waals surface area contributed by atoms with Crippen molar-refractivity contribution in [1.29, 1.82) is 0 Å². The second-order valence-electron chi connectivity index (χ2n) is 9.22. The third-order valence-electron chi connectivity index (χ3n) is 6.60. The molecule has 2 bridgehead atoms. The van der Waals surface area contributed by atoms with E-state index in [0.29, 0.717) is 19.3 Å². The summed E-state index contributed by atoms with van der Waals surface area (Å²) in [4.78, 5) is 26.2. The highest BCUT2D eigenvalue weighted by Crippen LogP contribution is 2.64. The second-order valence-corrected chi connectivity index (χ2v) is 9.63. The van der Waals surface area contributed by atoms with Crippen LogP contribution in [0.2, 0.25) is 5.02 Å². The Kier molecular flexibility index (Phi) is 5.66. The number of benzene rings is 1. The molecule has 2 aromatic rings. The number of hydrogen-bond donors (Lipinski definition) is 1. The summed E-state index contributed by atoms with van der Waals surface area (Å²) in [7, 11) is 0. The predicted molar refractivity (Wildman–Crippen MR) is 111 cm³/mol. The molecule has 4 fully saturated rings. The van der Waals surface area contributed by atoms with Crippen molar-refractivity contribution in [3.8, 4) is 5.75 Å². The van der Waals surface area contributed by atoms with Gasteiger partial charge in [-0.05, 0) is 37.8 Å². The number of carbonyl (C=O) groups is 2. The largest absolute Gasteiger partial charge is 0.522 e. The van der Waals surface area contributed by atoms with Gasteiger partial charge < -0.3 is 15.0 Å². The lowest BCUT2D eigenvalue weighted by atomic mass is 9.44. The Hall–Kier alpha value is -2.93. The highest BCUT2D eigenvalue weighted by molar-refractivity contribution is 6.30. The first-order chi connectivity index (χ1) is 16.5. The Bertz CT molecular complexity index is 1150. The van der Waals surface area contributed by atoms with E-state index in [4.69, 9.17) is 16.3 Å². The molecule has 1 aromatic heterocycles. The smallest absolute Gasteiger partial charge is 0.484 e. The molecule has 0 unspecified atom stereocenters. The maximum atomic E-state index is 13.5. The average molecular weight is 518 g/mol. The lowest BCUT2D eigenvalue weighted by Crippen LogP contribution is -2.79. The van der Waals surface area contributed by atoms with Crippen molar-refractivity contribution < 1.29 is 36.6 Å². The molecule has 0 radical (unpaired) electrons.